The van der Waals surface area contributed by atoms with Gasteiger partial charge in [0.25, 0.3) is 0 Å². The van der Waals surface area contributed by atoms with E-state index in [0.29, 0.717) is 12.0 Å². The normalized spacial score (nSPS) is 18.5. The second kappa shape index (κ2) is 9.43. The molecule has 0 aliphatic carbocycles. The van der Waals surface area contributed by atoms with Crippen LogP contribution in [0.25, 0.3) is 0 Å². The van der Waals surface area contributed by atoms with E-state index in [0.717, 1.165) is 44.8 Å². The lowest BCUT2D eigenvalue weighted by molar-refractivity contribution is 0.00666. The average Bonchev–Trinajstić information content (AvgIpc) is 2.79. The van der Waals surface area contributed by atoms with Crippen LogP contribution in [0.3, 0.4) is 0 Å². The van der Waals surface area contributed by atoms with Gasteiger partial charge in [0.2, 0.25) is 0 Å². The predicted molar refractivity (Wildman–Crippen MR) is 128 cm³/mol. The van der Waals surface area contributed by atoms with Crippen LogP contribution in [0.1, 0.15) is 52.0 Å². The fourth-order valence-corrected chi connectivity index (χ4v) is 4.72. The van der Waals surface area contributed by atoms with Crippen LogP contribution < -0.4 is 9.64 Å². The van der Waals surface area contributed by atoms with Crippen molar-refractivity contribution in [3.8, 4) is 5.75 Å². The maximum atomic E-state index is 12.4. The van der Waals surface area contributed by atoms with Crippen molar-refractivity contribution in [2.75, 3.05) is 31.1 Å². The van der Waals surface area contributed by atoms with E-state index in [1.54, 1.807) is 0 Å². The summed E-state index contributed by atoms with van der Waals surface area (Å²) in [5, 5.41) is 0. The first-order valence-corrected chi connectivity index (χ1v) is 11.8. The minimum atomic E-state index is -0.431. The van der Waals surface area contributed by atoms with Gasteiger partial charge in [-0.05, 0) is 81.7 Å². The molecule has 2 aliphatic heterocycles. The number of anilines is 1. The van der Waals surface area contributed by atoms with Crippen LogP contribution in [0.4, 0.5) is 10.5 Å². The molecule has 2 aromatic carbocycles. The number of amides is 1. The van der Waals surface area contributed by atoms with Crippen LogP contribution in [0.2, 0.25) is 0 Å². The van der Waals surface area contributed by atoms with Crippen LogP contribution in [0.5, 0.6) is 5.75 Å². The van der Waals surface area contributed by atoms with Crippen molar-refractivity contribution >= 4 is 11.8 Å². The standard InChI is InChI=1S/C27H36N2O3/c1-26(2,3)32-25(30)29-19-15-27(16-20-29)13-17-28(18-14-27)23-9-11-24(12-10-23)31-21-22-7-5-4-6-8-22/h4-12H,13-21H2,1-3H3. The summed E-state index contributed by atoms with van der Waals surface area (Å²) in [6.45, 7) is 10.1. The van der Waals surface area contributed by atoms with Crippen molar-refractivity contribution in [3.63, 3.8) is 0 Å². The molecule has 1 amide bonds. The number of rotatable bonds is 4. The van der Waals surface area contributed by atoms with Gasteiger partial charge in [-0.2, -0.15) is 0 Å². The lowest BCUT2D eigenvalue weighted by atomic mass is 9.71. The van der Waals surface area contributed by atoms with E-state index in [1.807, 2.05) is 43.9 Å². The molecule has 4 rings (SSSR count). The number of nitrogens with zero attached hydrogens (tertiary/aromatic N) is 2. The number of carbonyl (C=O) groups is 1. The first-order chi connectivity index (χ1) is 15.3. The smallest absolute Gasteiger partial charge is 0.410 e. The number of ether oxygens (including phenoxy) is 2. The van der Waals surface area contributed by atoms with Gasteiger partial charge in [0.1, 0.15) is 18.0 Å². The molecule has 0 N–H and O–H groups in total. The SMILES string of the molecule is CC(C)(C)OC(=O)N1CCC2(CC1)CCN(c1ccc(OCc3ccccc3)cc1)CC2. The third-order valence-corrected chi connectivity index (χ3v) is 6.75. The highest BCUT2D eigenvalue weighted by molar-refractivity contribution is 5.68. The maximum Gasteiger partial charge on any atom is 0.410 e. The summed E-state index contributed by atoms with van der Waals surface area (Å²) in [5.41, 5.74) is 2.38. The van der Waals surface area contributed by atoms with E-state index < -0.39 is 5.60 Å². The molecule has 32 heavy (non-hydrogen) atoms. The number of carbonyl (C=O) groups excluding carboxylic acids is 1. The monoisotopic (exact) mass is 436 g/mol. The Morgan fingerprint density at radius 2 is 1.47 bits per heavy atom. The predicted octanol–water partition coefficient (Wildman–Crippen LogP) is 5.88. The minimum Gasteiger partial charge on any atom is -0.489 e. The van der Waals surface area contributed by atoms with Gasteiger partial charge in [-0.1, -0.05) is 30.3 Å². The van der Waals surface area contributed by atoms with Gasteiger partial charge in [0.15, 0.2) is 0 Å². The van der Waals surface area contributed by atoms with Crippen molar-refractivity contribution in [2.45, 2.75) is 58.7 Å². The summed E-state index contributed by atoms with van der Waals surface area (Å²) in [6, 6.07) is 18.7. The highest BCUT2D eigenvalue weighted by Gasteiger charge is 2.39. The average molecular weight is 437 g/mol. The van der Waals surface area contributed by atoms with Crippen LogP contribution in [-0.4, -0.2) is 42.8 Å². The molecule has 172 valence electrons. The number of hydrogen-bond donors (Lipinski definition) is 0. The Morgan fingerprint density at radius 1 is 0.875 bits per heavy atom. The lowest BCUT2D eigenvalue weighted by Crippen LogP contribution is -2.49. The second-order valence-corrected chi connectivity index (χ2v) is 10.2. The third kappa shape index (κ3) is 5.76. The zero-order valence-electron chi connectivity index (χ0n) is 19.7. The zero-order chi connectivity index (χ0) is 22.6. The van der Waals surface area contributed by atoms with E-state index in [2.05, 4.69) is 41.3 Å². The Bertz CT molecular complexity index is 871. The molecule has 0 saturated carbocycles. The fraction of sp³-hybridized carbons (Fsp3) is 0.519. The van der Waals surface area contributed by atoms with Crippen molar-refractivity contribution < 1.29 is 14.3 Å². The van der Waals surface area contributed by atoms with Crippen LogP contribution >= 0.6 is 0 Å². The molecule has 5 heteroatoms. The summed E-state index contributed by atoms with van der Waals surface area (Å²) in [7, 11) is 0. The molecular weight excluding hydrogens is 400 g/mol. The molecule has 2 aromatic rings. The summed E-state index contributed by atoms with van der Waals surface area (Å²) in [6.07, 6.45) is 4.35. The van der Waals surface area contributed by atoms with E-state index in [4.69, 9.17) is 9.47 Å². The summed E-state index contributed by atoms with van der Waals surface area (Å²) in [5.74, 6) is 0.903. The summed E-state index contributed by atoms with van der Waals surface area (Å²) < 4.78 is 11.5. The van der Waals surface area contributed by atoms with Gasteiger partial charge < -0.3 is 19.3 Å². The van der Waals surface area contributed by atoms with Crippen LogP contribution in [-0.2, 0) is 11.3 Å². The topological polar surface area (TPSA) is 42.0 Å². The molecular formula is C27H36N2O3. The quantitative estimate of drug-likeness (QED) is 0.600. The first-order valence-electron chi connectivity index (χ1n) is 11.8. The number of piperidine rings is 2. The number of benzene rings is 2. The molecule has 2 saturated heterocycles. The number of likely N-dealkylation sites (tertiary alicyclic amines) is 1. The fourth-order valence-electron chi connectivity index (χ4n) is 4.72. The summed E-state index contributed by atoms with van der Waals surface area (Å²) in [4.78, 5) is 16.7. The van der Waals surface area contributed by atoms with Crippen molar-refractivity contribution in [1.29, 1.82) is 0 Å². The van der Waals surface area contributed by atoms with Crippen molar-refractivity contribution in [2.24, 2.45) is 5.41 Å². The Kier molecular flexibility index (Phi) is 6.63. The van der Waals surface area contributed by atoms with Crippen LogP contribution in [0, 0.1) is 5.41 Å². The first kappa shape index (κ1) is 22.5. The summed E-state index contributed by atoms with van der Waals surface area (Å²) >= 11 is 0. The molecule has 5 nitrogen and oxygen atoms in total. The van der Waals surface area contributed by atoms with Crippen molar-refractivity contribution in [3.05, 3.63) is 60.2 Å². The van der Waals surface area contributed by atoms with Gasteiger partial charge in [0.05, 0.1) is 0 Å². The van der Waals surface area contributed by atoms with E-state index in [-0.39, 0.29) is 6.09 Å². The van der Waals surface area contributed by atoms with E-state index >= 15 is 0 Å². The maximum absolute atomic E-state index is 12.4. The van der Waals surface area contributed by atoms with Crippen LogP contribution in [0.15, 0.2) is 54.6 Å². The van der Waals surface area contributed by atoms with Gasteiger partial charge >= 0.3 is 6.09 Å². The Balaban J connectivity index is 1.24. The molecule has 0 unspecified atom stereocenters. The largest absolute Gasteiger partial charge is 0.489 e. The Labute approximate surface area is 192 Å². The molecule has 0 atom stereocenters. The number of hydrogen-bond acceptors (Lipinski definition) is 4. The minimum absolute atomic E-state index is 0.167. The Morgan fingerprint density at radius 3 is 2.06 bits per heavy atom. The molecule has 2 fully saturated rings. The molecule has 0 aromatic heterocycles. The highest BCUT2D eigenvalue weighted by atomic mass is 16.6. The molecule has 0 radical (unpaired) electrons. The zero-order valence-corrected chi connectivity index (χ0v) is 19.7. The molecule has 1 spiro atoms. The molecule has 2 aliphatic rings. The van der Waals surface area contributed by atoms with Gasteiger partial charge in [0, 0.05) is 31.9 Å². The van der Waals surface area contributed by atoms with Gasteiger partial charge in [-0.15, -0.1) is 0 Å². The lowest BCUT2D eigenvalue weighted by Gasteiger charge is -2.47. The molecule has 2 heterocycles. The Hall–Kier alpha value is -2.69. The van der Waals surface area contributed by atoms with Crippen molar-refractivity contribution in [1.82, 2.24) is 4.90 Å². The third-order valence-electron chi connectivity index (χ3n) is 6.75. The van der Waals surface area contributed by atoms with E-state index in [1.165, 1.54) is 24.1 Å². The van der Waals surface area contributed by atoms with Gasteiger partial charge in [-0.3, -0.25) is 0 Å². The van der Waals surface area contributed by atoms with Gasteiger partial charge in [-0.25, -0.2) is 4.79 Å². The van der Waals surface area contributed by atoms with E-state index in [9.17, 15) is 4.79 Å². The highest BCUT2D eigenvalue weighted by Crippen LogP contribution is 2.42. The molecule has 0 bridgehead atoms. The second-order valence-electron chi connectivity index (χ2n) is 10.2.